The number of anilines is 1. The molecular formula is C16H22N2O6S. The van der Waals surface area contributed by atoms with Gasteiger partial charge in [0.2, 0.25) is 0 Å². The Bertz CT molecular complexity index is 734. The monoisotopic (exact) mass is 370 g/mol. The first-order valence-electron chi connectivity index (χ1n) is 7.98. The van der Waals surface area contributed by atoms with Crippen molar-refractivity contribution < 1.29 is 27.9 Å². The summed E-state index contributed by atoms with van der Waals surface area (Å²) in [4.78, 5) is 24.4. The van der Waals surface area contributed by atoms with Crippen molar-refractivity contribution in [2.24, 2.45) is 0 Å². The number of sulfone groups is 1. The minimum absolute atomic E-state index is 0.0516. The maximum atomic E-state index is 12.3. The van der Waals surface area contributed by atoms with Crippen LogP contribution in [-0.4, -0.2) is 62.2 Å². The minimum atomic E-state index is -3.10. The minimum Gasteiger partial charge on any atom is -0.449 e. The number of benzene rings is 1. The molecule has 1 amide bonds. The van der Waals surface area contributed by atoms with Crippen molar-refractivity contribution in [1.29, 1.82) is 0 Å². The summed E-state index contributed by atoms with van der Waals surface area (Å²) in [6.45, 7) is 1.61. The van der Waals surface area contributed by atoms with Crippen LogP contribution in [-0.2, 0) is 19.4 Å². The first-order chi connectivity index (χ1) is 11.8. The lowest BCUT2D eigenvalue weighted by Gasteiger charge is -2.17. The highest BCUT2D eigenvalue weighted by Crippen LogP contribution is 2.17. The summed E-state index contributed by atoms with van der Waals surface area (Å²) in [6.07, 6.45) is -0.690. The Morgan fingerprint density at radius 3 is 2.72 bits per heavy atom. The first kappa shape index (κ1) is 19.2. The van der Waals surface area contributed by atoms with Crippen LogP contribution < -0.4 is 10.6 Å². The van der Waals surface area contributed by atoms with E-state index in [2.05, 4.69) is 10.6 Å². The molecule has 1 heterocycles. The molecule has 0 spiro atoms. The Balaban J connectivity index is 1.94. The normalized spacial score (nSPS) is 19.8. The van der Waals surface area contributed by atoms with E-state index in [0.29, 0.717) is 12.1 Å². The number of carbonyl (C=O) groups is 2. The molecule has 0 aromatic heterocycles. The third kappa shape index (κ3) is 5.43. The van der Waals surface area contributed by atoms with Crippen LogP contribution in [0.25, 0.3) is 0 Å². The second-order valence-corrected chi connectivity index (χ2v) is 8.08. The zero-order chi connectivity index (χ0) is 18.4. The van der Waals surface area contributed by atoms with Crippen molar-refractivity contribution >= 4 is 27.4 Å². The predicted octanol–water partition coefficient (Wildman–Crippen LogP) is -0.0606. The molecule has 0 radical (unpaired) electrons. The average Bonchev–Trinajstić information content (AvgIpc) is 2.91. The number of hydrogen-bond acceptors (Lipinski definition) is 7. The molecule has 8 nitrogen and oxygen atoms in total. The molecule has 138 valence electrons. The third-order valence-corrected chi connectivity index (χ3v) is 5.57. The molecule has 1 saturated heterocycles. The van der Waals surface area contributed by atoms with Crippen LogP contribution in [0.1, 0.15) is 23.7 Å². The summed E-state index contributed by atoms with van der Waals surface area (Å²) in [5.74, 6) is -1.25. The van der Waals surface area contributed by atoms with Crippen molar-refractivity contribution in [2.45, 2.75) is 25.5 Å². The maximum absolute atomic E-state index is 12.3. The molecule has 2 atom stereocenters. The summed E-state index contributed by atoms with van der Waals surface area (Å²) < 4.78 is 28.0. The van der Waals surface area contributed by atoms with Gasteiger partial charge in [-0.15, -0.1) is 0 Å². The number of aliphatic hydroxyl groups is 1. The van der Waals surface area contributed by atoms with Crippen LogP contribution in [0, 0.1) is 0 Å². The zero-order valence-corrected chi connectivity index (χ0v) is 14.7. The van der Waals surface area contributed by atoms with E-state index in [-0.39, 0.29) is 30.2 Å². The molecule has 0 bridgehead atoms. The van der Waals surface area contributed by atoms with Crippen molar-refractivity contribution in [2.75, 3.05) is 30.0 Å². The lowest BCUT2D eigenvalue weighted by Crippen LogP contribution is -2.42. The number of para-hydroxylation sites is 1. The van der Waals surface area contributed by atoms with E-state index >= 15 is 0 Å². The van der Waals surface area contributed by atoms with E-state index in [9.17, 15) is 18.0 Å². The average molecular weight is 370 g/mol. The SMILES string of the molecule is C[C@H](OC(=O)c1ccccc1NCCO)C(=O)N[C@@H]1CCS(=O)(=O)C1. The van der Waals surface area contributed by atoms with Crippen LogP contribution in [0.4, 0.5) is 5.69 Å². The van der Waals surface area contributed by atoms with E-state index in [0.717, 1.165) is 0 Å². The summed E-state index contributed by atoms with van der Waals surface area (Å²) in [7, 11) is -3.10. The Morgan fingerprint density at radius 2 is 2.08 bits per heavy atom. The molecular weight excluding hydrogens is 348 g/mol. The smallest absolute Gasteiger partial charge is 0.341 e. The van der Waals surface area contributed by atoms with E-state index in [1.54, 1.807) is 24.3 Å². The molecule has 1 aromatic rings. The van der Waals surface area contributed by atoms with E-state index in [4.69, 9.17) is 9.84 Å². The van der Waals surface area contributed by atoms with Gasteiger partial charge in [-0.1, -0.05) is 12.1 Å². The fourth-order valence-corrected chi connectivity index (χ4v) is 4.18. The van der Waals surface area contributed by atoms with Crippen LogP contribution >= 0.6 is 0 Å². The number of rotatable bonds is 7. The number of amides is 1. The van der Waals surface area contributed by atoms with Crippen LogP contribution in [0.2, 0.25) is 0 Å². The summed E-state index contributed by atoms with van der Waals surface area (Å²) >= 11 is 0. The van der Waals surface area contributed by atoms with Gasteiger partial charge in [-0.3, -0.25) is 4.79 Å². The molecule has 0 unspecified atom stereocenters. The second-order valence-electron chi connectivity index (χ2n) is 5.85. The van der Waals surface area contributed by atoms with Gasteiger partial charge in [0.05, 0.1) is 23.7 Å². The summed E-state index contributed by atoms with van der Waals surface area (Å²) in [6, 6.07) is 6.16. The zero-order valence-electron chi connectivity index (χ0n) is 13.9. The highest BCUT2D eigenvalue weighted by molar-refractivity contribution is 7.91. The number of nitrogens with one attached hydrogen (secondary N) is 2. The second kappa shape index (κ2) is 8.30. The lowest BCUT2D eigenvalue weighted by atomic mass is 10.1. The van der Waals surface area contributed by atoms with Gasteiger partial charge in [-0.05, 0) is 25.5 Å². The number of carbonyl (C=O) groups excluding carboxylic acids is 2. The van der Waals surface area contributed by atoms with Crippen molar-refractivity contribution in [3.8, 4) is 0 Å². The molecule has 1 aliphatic rings. The Kier molecular flexibility index (Phi) is 6.38. The fourth-order valence-electron chi connectivity index (χ4n) is 2.51. The largest absolute Gasteiger partial charge is 0.449 e. The number of esters is 1. The molecule has 1 aliphatic heterocycles. The van der Waals surface area contributed by atoms with Crippen LogP contribution in [0.5, 0.6) is 0 Å². The van der Waals surface area contributed by atoms with Gasteiger partial charge in [0.15, 0.2) is 15.9 Å². The van der Waals surface area contributed by atoms with Gasteiger partial charge < -0.3 is 20.5 Å². The van der Waals surface area contributed by atoms with Crippen molar-refractivity contribution in [3.05, 3.63) is 29.8 Å². The van der Waals surface area contributed by atoms with Crippen molar-refractivity contribution in [3.63, 3.8) is 0 Å². The third-order valence-electron chi connectivity index (χ3n) is 3.81. The molecule has 1 aromatic carbocycles. The molecule has 1 fully saturated rings. The van der Waals surface area contributed by atoms with Gasteiger partial charge in [0, 0.05) is 18.3 Å². The highest BCUT2D eigenvalue weighted by Gasteiger charge is 2.31. The number of aliphatic hydroxyl groups excluding tert-OH is 1. The van der Waals surface area contributed by atoms with Gasteiger partial charge in [0.1, 0.15) is 0 Å². The number of ether oxygens (including phenoxy) is 1. The molecule has 0 saturated carbocycles. The van der Waals surface area contributed by atoms with Crippen LogP contribution in [0.3, 0.4) is 0 Å². The van der Waals surface area contributed by atoms with E-state index in [1.807, 2.05) is 0 Å². The van der Waals surface area contributed by atoms with Gasteiger partial charge in [-0.25, -0.2) is 13.2 Å². The Morgan fingerprint density at radius 1 is 1.36 bits per heavy atom. The predicted molar refractivity (Wildman–Crippen MR) is 92.1 cm³/mol. The molecule has 9 heteroatoms. The van der Waals surface area contributed by atoms with E-state index in [1.165, 1.54) is 6.92 Å². The quantitative estimate of drug-likeness (QED) is 0.575. The topological polar surface area (TPSA) is 122 Å². The Hall–Kier alpha value is -2.13. The molecule has 2 rings (SSSR count). The fraction of sp³-hybridized carbons (Fsp3) is 0.500. The van der Waals surface area contributed by atoms with E-state index < -0.39 is 33.9 Å². The number of hydrogen-bond donors (Lipinski definition) is 3. The summed E-state index contributed by atoms with van der Waals surface area (Å²) in [5, 5.41) is 14.4. The summed E-state index contributed by atoms with van der Waals surface area (Å²) in [5.41, 5.74) is 0.745. The van der Waals surface area contributed by atoms with Gasteiger partial charge in [-0.2, -0.15) is 0 Å². The van der Waals surface area contributed by atoms with Crippen molar-refractivity contribution in [1.82, 2.24) is 5.32 Å². The standard InChI is InChI=1S/C16H22N2O6S/c1-11(15(20)18-12-6-9-25(22,23)10-12)24-16(21)13-4-2-3-5-14(13)17-7-8-19/h2-5,11-12,17,19H,6-10H2,1H3,(H,18,20)/t11-,12+/m0/s1. The van der Waals surface area contributed by atoms with Gasteiger partial charge in [0.25, 0.3) is 5.91 Å². The molecule has 0 aliphatic carbocycles. The molecule has 3 N–H and O–H groups in total. The maximum Gasteiger partial charge on any atom is 0.341 e. The first-order valence-corrected chi connectivity index (χ1v) is 9.80. The Labute approximate surface area is 146 Å². The van der Waals surface area contributed by atoms with Gasteiger partial charge >= 0.3 is 5.97 Å². The molecule has 25 heavy (non-hydrogen) atoms. The van der Waals surface area contributed by atoms with Crippen LogP contribution in [0.15, 0.2) is 24.3 Å². The highest BCUT2D eigenvalue weighted by atomic mass is 32.2. The lowest BCUT2D eigenvalue weighted by molar-refractivity contribution is -0.129.